The number of benzene rings is 2. The zero-order valence-electron chi connectivity index (χ0n) is 13.1. The second-order valence-corrected chi connectivity index (χ2v) is 5.32. The maximum absolute atomic E-state index is 5.97. The van der Waals surface area contributed by atoms with Gasteiger partial charge in [0, 0.05) is 17.8 Å². The van der Waals surface area contributed by atoms with Gasteiger partial charge in [0.15, 0.2) is 5.82 Å². The van der Waals surface area contributed by atoms with Gasteiger partial charge >= 0.3 is 0 Å². The van der Waals surface area contributed by atoms with Crippen molar-refractivity contribution in [2.45, 2.75) is 6.54 Å². The van der Waals surface area contributed by atoms with Crippen molar-refractivity contribution in [1.29, 1.82) is 0 Å². The highest BCUT2D eigenvalue weighted by molar-refractivity contribution is 5.75. The molecule has 0 unspecified atom stereocenters. The summed E-state index contributed by atoms with van der Waals surface area (Å²) in [5.41, 5.74) is 2.68. The lowest BCUT2D eigenvalue weighted by atomic mass is 10.2. The molecular weight excluding hydrogens is 304 g/mol. The van der Waals surface area contributed by atoms with Crippen molar-refractivity contribution < 1.29 is 9.47 Å². The Bertz CT molecular complexity index is 868. The van der Waals surface area contributed by atoms with Gasteiger partial charge in [-0.1, -0.05) is 18.2 Å². The van der Waals surface area contributed by atoms with Gasteiger partial charge in [0.2, 0.25) is 5.88 Å². The lowest BCUT2D eigenvalue weighted by Crippen LogP contribution is -2.04. The van der Waals surface area contributed by atoms with Crippen molar-refractivity contribution in [2.75, 3.05) is 17.7 Å². The quantitative estimate of drug-likeness (QED) is 0.761. The predicted molar refractivity (Wildman–Crippen MR) is 92.2 cm³/mol. The van der Waals surface area contributed by atoms with Crippen LogP contribution in [-0.4, -0.2) is 17.1 Å². The van der Waals surface area contributed by atoms with Crippen LogP contribution in [0.25, 0.3) is 0 Å². The van der Waals surface area contributed by atoms with Gasteiger partial charge in [-0.05, 0) is 30.3 Å². The van der Waals surface area contributed by atoms with Crippen molar-refractivity contribution in [3.63, 3.8) is 0 Å². The van der Waals surface area contributed by atoms with Gasteiger partial charge in [0.1, 0.15) is 23.5 Å². The Hall–Kier alpha value is -3.28. The van der Waals surface area contributed by atoms with Crippen molar-refractivity contribution in [2.24, 2.45) is 0 Å². The molecule has 0 saturated heterocycles. The fraction of sp³-hybridized carbons (Fsp3) is 0.111. The third-order valence-electron chi connectivity index (χ3n) is 3.78. The van der Waals surface area contributed by atoms with E-state index in [9.17, 15) is 0 Å². The van der Waals surface area contributed by atoms with Crippen LogP contribution in [0.3, 0.4) is 0 Å². The van der Waals surface area contributed by atoms with Gasteiger partial charge in [-0.2, -0.15) is 4.98 Å². The molecule has 1 aliphatic rings. The van der Waals surface area contributed by atoms with E-state index in [0.29, 0.717) is 18.2 Å². The molecule has 2 aromatic carbocycles. The van der Waals surface area contributed by atoms with Gasteiger partial charge in [0.05, 0.1) is 7.11 Å². The molecule has 120 valence electrons. The van der Waals surface area contributed by atoms with Crippen molar-refractivity contribution in [1.82, 2.24) is 9.97 Å². The second-order valence-electron chi connectivity index (χ2n) is 5.32. The Kier molecular flexibility index (Phi) is 3.63. The van der Waals surface area contributed by atoms with Crippen LogP contribution in [0.5, 0.6) is 17.4 Å². The van der Waals surface area contributed by atoms with Crippen LogP contribution >= 0.6 is 0 Å². The average Bonchev–Trinajstić information content (AvgIpc) is 2.82. The largest absolute Gasteiger partial charge is 0.497 e. The smallest absolute Gasteiger partial charge is 0.248 e. The number of para-hydroxylation sites is 1. The molecule has 4 rings (SSSR count). The molecule has 0 amide bonds. The minimum atomic E-state index is 0.493. The Morgan fingerprint density at radius 3 is 2.83 bits per heavy atom. The Labute approximate surface area is 139 Å². The molecule has 0 atom stereocenters. The number of aromatic nitrogens is 2. The van der Waals surface area contributed by atoms with Crippen molar-refractivity contribution >= 4 is 17.2 Å². The number of ether oxygens (including phenoxy) is 2. The van der Waals surface area contributed by atoms with Crippen molar-refractivity contribution in [3.8, 4) is 17.4 Å². The van der Waals surface area contributed by atoms with Crippen LogP contribution in [0.2, 0.25) is 0 Å². The molecule has 0 saturated carbocycles. The summed E-state index contributed by atoms with van der Waals surface area (Å²) in [5.74, 6) is 2.71. The third-order valence-corrected chi connectivity index (χ3v) is 3.78. The summed E-state index contributed by atoms with van der Waals surface area (Å²) in [7, 11) is 1.65. The Morgan fingerprint density at radius 2 is 2.00 bits per heavy atom. The molecule has 6 nitrogen and oxygen atoms in total. The van der Waals surface area contributed by atoms with E-state index in [1.807, 2.05) is 48.5 Å². The number of hydrogen-bond donors (Lipinski definition) is 2. The zero-order chi connectivity index (χ0) is 16.4. The molecule has 3 aromatic rings. The normalized spacial score (nSPS) is 12.0. The Morgan fingerprint density at radius 1 is 1.12 bits per heavy atom. The SMILES string of the molecule is COc1ccc2c(c1)CNc1c(Nc3ccccc3)ncnc1O2. The van der Waals surface area contributed by atoms with E-state index in [4.69, 9.17) is 9.47 Å². The molecule has 2 heterocycles. The minimum absolute atomic E-state index is 0.493. The fourth-order valence-electron chi connectivity index (χ4n) is 2.57. The molecule has 0 radical (unpaired) electrons. The zero-order valence-corrected chi connectivity index (χ0v) is 13.1. The number of fused-ring (bicyclic) bond motifs is 2. The second kappa shape index (κ2) is 6.08. The van der Waals surface area contributed by atoms with E-state index in [1.165, 1.54) is 6.33 Å². The molecule has 1 aromatic heterocycles. The van der Waals surface area contributed by atoms with Crippen molar-refractivity contribution in [3.05, 3.63) is 60.4 Å². The molecule has 1 aliphatic heterocycles. The van der Waals surface area contributed by atoms with E-state index in [0.717, 1.165) is 28.4 Å². The molecule has 0 aliphatic carbocycles. The first-order valence-corrected chi connectivity index (χ1v) is 7.59. The number of rotatable bonds is 3. The standard InChI is InChI=1S/C18H16N4O2/c1-23-14-7-8-15-12(9-14)10-19-16-17(20-11-21-18(16)24-15)22-13-5-3-2-4-6-13/h2-9,11,19H,10H2,1H3,(H,20,21,22). The summed E-state index contributed by atoms with van der Waals surface area (Å²) in [4.78, 5) is 8.59. The first-order chi connectivity index (χ1) is 11.8. The van der Waals surface area contributed by atoms with E-state index >= 15 is 0 Å². The van der Waals surface area contributed by atoms with E-state index in [2.05, 4.69) is 20.6 Å². The molecular formula is C18H16N4O2. The maximum atomic E-state index is 5.97. The van der Waals surface area contributed by atoms with Crippen LogP contribution in [-0.2, 0) is 6.54 Å². The summed E-state index contributed by atoms with van der Waals surface area (Å²) in [6, 6.07) is 15.6. The van der Waals surface area contributed by atoms with Crippen LogP contribution in [0.15, 0.2) is 54.9 Å². The highest BCUT2D eigenvalue weighted by atomic mass is 16.5. The van der Waals surface area contributed by atoms with Gasteiger partial charge in [0.25, 0.3) is 0 Å². The molecule has 0 bridgehead atoms. The van der Waals surface area contributed by atoms with Crippen LogP contribution in [0, 0.1) is 0 Å². The summed E-state index contributed by atoms with van der Waals surface area (Å²) < 4.78 is 11.2. The molecule has 24 heavy (non-hydrogen) atoms. The van der Waals surface area contributed by atoms with E-state index < -0.39 is 0 Å². The number of anilines is 3. The van der Waals surface area contributed by atoms with Gasteiger partial charge < -0.3 is 20.1 Å². The number of nitrogens with zero attached hydrogens (tertiary/aromatic N) is 2. The summed E-state index contributed by atoms with van der Waals surface area (Å²) in [6.07, 6.45) is 1.49. The number of hydrogen-bond acceptors (Lipinski definition) is 6. The average molecular weight is 320 g/mol. The summed E-state index contributed by atoms with van der Waals surface area (Å²) in [5, 5.41) is 6.64. The maximum Gasteiger partial charge on any atom is 0.248 e. The third kappa shape index (κ3) is 2.69. The van der Waals surface area contributed by atoms with Gasteiger partial charge in [-0.3, -0.25) is 0 Å². The first kappa shape index (κ1) is 14.3. The fourth-order valence-corrected chi connectivity index (χ4v) is 2.57. The number of nitrogens with one attached hydrogen (secondary N) is 2. The van der Waals surface area contributed by atoms with Crippen LogP contribution in [0.1, 0.15) is 5.56 Å². The van der Waals surface area contributed by atoms with Gasteiger partial charge in [-0.15, -0.1) is 0 Å². The highest BCUT2D eigenvalue weighted by Crippen LogP contribution is 2.39. The van der Waals surface area contributed by atoms with E-state index in [-0.39, 0.29) is 0 Å². The number of methoxy groups -OCH3 is 1. The van der Waals surface area contributed by atoms with Crippen LogP contribution < -0.4 is 20.1 Å². The summed E-state index contributed by atoms with van der Waals surface area (Å²) >= 11 is 0. The lowest BCUT2D eigenvalue weighted by molar-refractivity contribution is 0.411. The predicted octanol–water partition coefficient (Wildman–Crippen LogP) is 3.95. The topological polar surface area (TPSA) is 68.3 Å². The Balaban J connectivity index is 1.68. The monoisotopic (exact) mass is 320 g/mol. The first-order valence-electron chi connectivity index (χ1n) is 7.59. The minimum Gasteiger partial charge on any atom is -0.497 e. The summed E-state index contributed by atoms with van der Waals surface area (Å²) in [6.45, 7) is 0.594. The lowest BCUT2D eigenvalue weighted by Gasteiger charge is -2.12. The van der Waals surface area contributed by atoms with Gasteiger partial charge in [-0.25, -0.2) is 4.98 Å². The molecule has 0 fully saturated rings. The molecule has 6 heteroatoms. The van der Waals surface area contributed by atoms with E-state index in [1.54, 1.807) is 7.11 Å². The van der Waals surface area contributed by atoms with Crippen LogP contribution in [0.4, 0.5) is 17.2 Å². The molecule has 2 N–H and O–H groups in total. The highest BCUT2D eigenvalue weighted by Gasteiger charge is 2.19. The molecule has 0 spiro atoms.